The van der Waals surface area contributed by atoms with Crippen molar-refractivity contribution in [1.29, 1.82) is 0 Å². The van der Waals surface area contributed by atoms with E-state index in [1.165, 1.54) is 13.0 Å². The number of anilines is 1. The fourth-order valence-corrected chi connectivity index (χ4v) is 1.08. The predicted molar refractivity (Wildman–Crippen MR) is 53.2 cm³/mol. The fourth-order valence-electron chi connectivity index (χ4n) is 1.08. The van der Waals surface area contributed by atoms with E-state index < -0.39 is 11.6 Å². The highest BCUT2D eigenvalue weighted by Crippen LogP contribution is 2.19. The minimum atomic E-state index is -0.454. The number of aryl methyl sites for hydroxylation is 1. The molecule has 0 aliphatic heterocycles. The van der Waals surface area contributed by atoms with Gasteiger partial charge in [0.25, 0.3) is 0 Å². The summed E-state index contributed by atoms with van der Waals surface area (Å²) in [5.41, 5.74) is 5.82. The lowest BCUT2D eigenvalue weighted by molar-refractivity contribution is 0.592. The van der Waals surface area contributed by atoms with Crippen LogP contribution in [0.5, 0.6) is 0 Å². The third kappa shape index (κ3) is 2.42. The van der Waals surface area contributed by atoms with Gasteiger partial charge in [0.2, 0.25) is 0 Å². The maximum atomic E-state index is 13.3. The molecule has 0 fully saturated rings. The smallest absolute Gasteiger partial charge is 0.146 e. The molecule has 0 saturated heterocycles. The van der Waals surface area contributed by atoms with Crippen LogP contribution in [0.15, 0.2) is 12.1 Å². The molecule has 14 heavy (non-hydrogen) atoms. The molecule has 0 saturated carbocycles. The molecule has 0 heterocycles. The van der Waals surface area contributed by atoms with Gasteiger partial charge in [-0.05, 0) is 25.5 Å². The largest absolute Gasteiger partial charge is 0.379 e. The summed E-state index contributed by atoms with van der Waals surface area (Å²) in [6.45, 7) is 3.70. The summed E-state index contributed by atoms with van der Waals surface area (Å²) >= 11 is 0. The van der Waals surface area contributed by atoms with Crippen molar-refractivity contribution in [3.63, 3.8) is 0 Å². The highest BCUT2D eigenvalue weighted by molar-refractivity contribution is 5.47. The van der Waals surface area contributed by atoms with Gasteiger partial charge in [-0.25, -0.2) is 8.78 Å². The first kappa shape index (κ1) is 10.9. The van der Waals surface area contributed by atoms with Crippen LogP contribution in [0, 0.1) is 18.6 Å². The Morgan fingerprint density at radius 2 is 2.00 bits per heavy atom. The van der Waals surface area contributed by atoms with Gasteiger partial charge in [0.05, 0.1) is 5.69 Å². The topological polar surface area (TPSA) is 38.0 Å². The average Bonchev–Trinajstić information content (AvgIpc) is 2.14. The Kier molecular flexibility index (Phi) is 3.41. The normalized spacial score (nSPS) is 12.6. The molecular weight excluding hydrogens is 186 g/mol. The van der Waals surface area contributed by atoms with Crippen LogP contribution in [-0.2, 0) is 0 Å². The number of benzene rings is 1. The minimum Gasteiger partial charge on any atom is -0.379 e. The molecule has 0 amide bonds. The molecule has 1 unspecified atom stereocenters. The maximum absolute atomic E-state index is 13.3. The fraction of sp³-hybridized carbons (Fsp3) is 0.400. The van der Waals surface area contributed by atoms with Crippen molar-refractivity contribution >= 4 is 5.69 Å². The number of nitrogens with two attached hydrogens (primary N) is 1. The van der Waals surface area contributed by atoms with Gasteiger partial charge in [0.15, 0.2) is 0 Å². The third-order valence-corrected chi connectivity index (χ3v) is 2.00. The number of halogens is 2. The average molecular weight is 200 g/mol. The van der Waals surface area contributed by atoms with Gasteiger partial charge in [0.1, 0.15) is 11.6 Å². The Hall–Kier alpha value is -1.16. The van der Waals surface area contributed by atoms with Crippen LogP contribution in [0.25, 0.3) is 0 Å². The molecule has 1 aromatic rings. The standard InChI is InChI=1S/C10H14F2N2/c1-6-3-9(12)10(4-8(6)11)14-7(2)5-13/h3-4,7,14H,5,13H2,1-2H3. The minimum absolute atomic E-state index is 0.0772. The summed E-state index contributed by atoms with van der Waals surface area (Å²) in [5, 5.41) is 2.79. The summed E-state index contributed by atoms with van der Waals surface area (Å²) < 4.78 is 26.3. The van der Waals surface area contributed by atoms with Crippen molar-refractivity contribution in [2.24, 2.45) is 5.73 Å². The molecule has 0 aliphatic rings. The van der Waals surface area contributed by atoms with Gasteiger partial charge in [-0.3, -0.25) is 0 Å². The second-order valence-electron chi connectivity index (χ2n) is 3.36. The lowest BCUT2D eigenvalue weighted by atomic mass is 10.2. The first-order valence-corrected chi connectivity index (χ1v) is 4.47. The molecule has 1 rings (SSSR count). The number of hydrogen-bond donors (Lipinski definition) is 2. The predicted octanol–water partition coefficient (Wildman–Crippen LogP) is 2.03. The first-order valence-electron chi connectivity index (χ1n) is 4.47. The molecule has 0 bridgehead atoms. The van der Waals surface area contributed by atoms with E-state index in [1.54, 1.807) is 6.92 Å². The van der Waals surface area contributed by atoms with Crippen molar-refractivity contribution in [3.05, 3.63) is 29.3 Å². The van der Waals surface area contributed by atoms with E-state index >= 15 is 0 Å². The molecule has 0 aromatic heterocycles. The molecule has 2 nitrogen and oxygen atoms in total. The SMILES string of the molecule is Cc1cc(F)c(NC(C)CN)cc1F. The first-order chi connectivity index (χ1) is 6.54. The van der Waals surface area contributed by atoms with Crippen LogP contribution < -0.4 is 11.1 Å². The highest BCUT2D eigenvalue weighted by atomic mass is 19.1. The lowest BCUT2D eigenvalue weighted by Crippen LogP contribution is -2.25. The second kappa shape index (κ2) is 4.37. The summed E-state index contributed by atoms with van der Waals surface area (Å²) in [6, 6.07) is 2.24. The van der Waals surface area contributed by atoms with E-state index in [0.29, 0.717) is 12.1 Å². The Morgan fingerprint density at radius 1 is 1.36 bits per heavy atom. The van der Waals surface area contributed by atoms with Crippen molar-refractivity contribution in [1.82, 2.24) is 0 Å². The van der Waals surface area contributed by atoms with E-state index in [1.807, 2.05) is 0 Å². The zero-order chi connectivity index (χ0) is 10.7. The van der Waals surface area contributed by atoms with E-state index in [0.717, 1.165) is 6.07 Å². The van der Waals surface area contributed by atoms with Gasteiger partial charge < -0.3 is 11.1 Å². The molecule has 0 spiro atoms. The van der Waals surface area contributed by atoms with Crippen LogP contribution >= 0.6 is 0 Å². The molecule has 1 atom stereocenters. The molecular formula is C10H14F2N2. The summed E-state index contributed by atoms with van der Waals surface area (Å²) in [6.07, 6.45) is 0. The van der Waals surface area contributed by atoms with E-state index in [2.05, 4.69) is 5.32 Å². The highest BCUT2D eigenvalue weighted by Gasteiger charge is 2.08. The van der Waals surface area contributed by atoms with Gasteiger partial charge in [-0.1, -0.05) is 0 Å². The van der Waals surface area contributed by atoms with Gasteiger partial charge in [0, 0.05) is 18.7 Å². The van der Waals surface area contributed by atoms with E-state index in [-0.39, 0.29) is 11.7 Å². The lowest BCUT2D eigenvalue weighted by Gasteiger charge is -2.14. The Bertz CT molecular complexity index is 326. The van der Waals surface area contributed by atoms with Crippen LogP contribution in [0.1, 0.15) is 12.5 Å². The molecule has 0 radical (unpaired) electrons. The van der Waals surface area contributed by atoms with Crippen LogP contribution in [0.2, 0.25) is 0 Å². The van der Waals surface area contributed by atoms with Gasteiger partial charge in [-0.2, -0.15) is 0 Å². The number of rotatable bonds is 3. The van der Waals surface area contributed by atoms with E-state index in [4.69, 9.17) is 5.73 Å². The van der Waals surface area contributed by atoms with Crippen molar-refractivity contribution in [3.8, 4) is 0 Å². The summed E-state index contributed by atoms with van der Waals surface area (Å²) in [4.78, 5) is 0. The van der Waals surface area contributed by atoms with E-state index in [9.17, 15) is 8.78 Å². The molecule has 3 N–H and O–H groups in total. The van der Waals surface area contributed by atoms with Gasteiger partial charge in [-0.15, -0.1) is 0 Å². The van der Waals surface area contributed by atoms with Crippen molar-refractivity contribution in [2.75, 3.05) is 11.9 Å². The zero-order valence-corrected chi connectivity index (χ0v) is 8.27. The second-order valence-corrected chi connectivity index (χ2v) is 3.36. The Balaban J connectivity index is 2.92. The zero-order valence-electron chi connectivity index (χ0n) is 8.27. The number of nitrogens with one attached hydrogen (secondary N) is 1. The van der Waals surface area contributed by atoms with Crippen LogP contribution in [0.3, 0.4) is 0 Å². The summed E-state index contributed by atoms with van der Waals surface area (Å²) in [5.74, 6) is -0.873. The molecule has 0 aliphatic carbocycles. The Labute approximate surface area is 82.1 Å². The number of hydrogen-bond acceptors (Lipinski definition) is 2. The van der Waals surface area contributed by atoms with Gasteiger partial charge >= 0.3 is 0 Å². The maximum Gasteiger partial charge on any atom is 0.146 e. The summed E-state index contributed by atoms with van der Waals surface area (Å²) in [7, 11) is 0. The Morgan fingerprint density at radius 3 is 2.57 bits per heavy atom. The van der Waals surface area contributed by atoms with Crippen LogP contribution in [-0.4, -0.2) is 12.6 Å². The van der Waals surface area contributed by atoms with Crippen molar-refractivity contribution < 1.29 is 8.78 Å². The van der Waals surface area contributed by atoms with Crippen molar-refractivity contribution in [2.45, 2.75) is 19.9 Å². The third-order valence-electron chi connectivity index (χ3n) is 2.00. The monoisotopic (exact) mass is 200 g/mol. The van der Waals surface area contributed by atoms with Crippen LogP contribution in [0.4, 0.5) is 14.5 Å². The molecule has 4 heteroatoms. The molecule has 1 aromatic carbocycles. The quantitative estimate of drug-likeness (QED) is 0.783. The molecule has 78 valence electrons.